The average Bonchev–Trinajstić information content (AvgIpc) is 3.23. The van der Waals surface area contributed by atoms with Crippen LogP contribution >= 0.6 is 0 Å². The molecular weight excluding hydrogens is 401 g/mol. The zero-order valence-corrected chi connectivity index (χ0v) is 17.4. The molecule has 0 saturated heterocycles. The molecule has 7 nitrogen and oxygen atoms in total. The van der Waals surface area contributed by atoms with Gasteiger partial charge in [0.05, 0.1) is 12.2 Å². The largest absolute Gasteiger partial charge is 0.454 e. The Labute approximate surface area is 180 Å². The second-order valence-corrected chi connectivity index (χ2v) is 8.01. The number of nitrogens with one attached hydrogen (secondary N) is 3. The molecule has 1 heterocycles. The molecule has 2 atom stereocenters. The number of anilines is 2. The molecule has 164 valence electrons. The summed E-state index contributed by atoms with van der Waals surface area (Å²) in [5.41, 5.74) is 0.951. The van der Waals surface area contributed by atoms with Crippen LogP contribution in [0.3, 0.4) is 0 Å². The van der Waals surface area contributed by atoms with Gasteiger partial charge in [0.15, 0.2) is 11.5 Å². The third-order valence-electron chi connectivity index (χ3n) is 5.76. The maximum atomic E-state index is 14.2. The summed E-state index contributed by atoms with van der Waals surface area (Å²) in [6.07, 6.45) is 4.39. The van der Waals surface area contributed by atoms with E-state index in [0.29, 0.717) is 28.7 Å². The van der Waals surface area contributed by atoms with Crippen molar-refractivity contribution in [3.05, 3.63) is 47.8 Å². The Bertz CT molecular complexity index is 981. The van der Waals surface area contributed by atoms with Crippen LogP contribution in [0.4, 0.5) is 15.8 Å². The summed E-state index contributed by atoms with van der Waals surface area (Å²) in [6, 6.07) is 9.24. The number of amides is 2. The number of benzene rings is 2. The van der Waals surface area contributed by atoms with E-state index in [1.54, 1.807) is 18.2 Å². The molecule has 3 N–H and O–H groups in total. The Morgan fingerprint density at radius 3 is 2.71 bits per heavy atom. The maximum absolute atomic E-state index is 14.2. The Morgan fingerprint density at radius 1 is 1.06 bits per heavy atom. The minimum absolute atomic E-state index is 0.0420. The SMILES string of the molecule is CC1CCCCC1NC(=O)CNc1cc(NC(=O)c2ccc3c(c2)OCO3)ccc1F. The highest BCUT2D eigenvalue weighted by molar-refractivity contribution is 6.05. The summed E-state index contributed by atoms with van der Waals surface area (Å²) in [6.45, 7) is 2.23. The molecule has 2 aromatic rings. The van der Waals surface area contributed by atoms with Crippen molar-refractivity contribution in [1.82, 2.24) is 5.32 Å². The van der Waals surface area contributed by atoms with Crippen LogP contribution in [0.2, 0.25) is 0 Å². The number of hydrogen-bond donors (Lipinski definition) is 3. The molecule has 1 aliphatic carbocycles. The van der Waals surface area contributed by atoms with Crippen LogP contribution in [-0.4, -0.2) is 31.2 Å². The molecule has 2 aromatic carbocycles. The third kappa shape index (κ3) is 5.07. The van der Waals surface area contributed by atoms with Gasteiger partial charge in [-0.2, -0.15) is 0 Å². The summed E-state index contributed by atoms with van der Waals surface area (Å²) in [7, 11) is 0. The van der Waals surface area contributed by atoms with Crippen LogP contribution in [0.15, 0.2) is 36.4 Å². The molecule has 0 aromatic heterocycles. The van der Waals surface area contributed by atoms with E-state index in [-0.39, 0.29) is 36.9 Å². The number of ether oxygens (including phenoxy) is 2. The molecule has 1 fully saturated rings. The first-order valence-electron chi connectivity index (χ1n) is 10.5. The molecule has 2 amide bonds. The van der Waals surface area contributed by atoms with E-state index >= 15 is 0 Å². The molecule has 2 unspecified atom stereocenters. The van der Waals surface area contributed by atoms with Gasteiger partial charge in [-0.05, 0) is 55.2 Å². The molecule has 1 aliphatic heterocycles. The fourth-order valence-electron chi connectivity index (χ4n) is 3.94. The highest BCUT2D eigenvalue weighted by Gasteiger charge is 2.22. The summed E-state index contributed by atoms with van der Waals surface area (Å²) in [5, 5.41) is 8.59. The minimum Gasteiger partial charge on any atom is -0.454 e. The third-order valence-corrected chi connectivity index (χ3v) is 5.76. The van der Waals surface area contributed by atoms with Crippen LogP contribution in [0.25, 0.3) is 0 Å². The minimum atomic E-state index is -0.500. The first-order chi connectivity index (χ1) is 15.0. The van der Waals surface area contributed by atoms with Crippen molar-refractivity contribution in [2.45, 2.75) is 38.6 Å². The maximum Gasteiger partial charge on any atom is 0.255 e. The molecule has 31 heavy (non-hydrogen) atoms. The molecular formula is C23H26FN3O4. The number of rotatable bonds is 6. The van der Waals surface area contributed by atoms with Crippen LogP contribution in [0.5, 0.6) is 11.5 Å². The number of fused-ring (bicyclic) bond motifs is 1. The fourth-order valence-corrected chi connectivity index (χ4v) is 3.94. The van der Waals surface area contributed by atoms with Crippen molar-refractivity contribution in [1.29, 1.82) is 0 Å². The van der Waals surface area contributed by atoms with E-state index in [2.05, 4.69) is 22.9 Å². The van der Waals surface area contributed by atoms with Crippen molar-refractivity contribution < 1.29 is 23.5 Å². The highest BCUT2D eigenvalue weighted by atomic mass is 19.1. The zero-order valence-electron chi connectivity index (χ0n) is 17.4. The van der Waals surface area contributed by atoms with Gasteiger partial charge in [-0.25, -0.2) is 4.39 Å². The number of carbonyl (C=O) groups is 2. The lowest BCUT2D eigenvalue weighted by Crippen LogP contribution is -2.43. The lowest BCUT2D eigenvalue weighted by atomic mass is 9.86. The number of carbonyl (C=O) groups excluding carboxylic acids is 2. The van der Waals surface area contributed by atoms with Gasteiger partial charge in [0.25, 0.3) is 5.91 Å². The fraction of sp³-hybridized carbons (Fsp3) is 0.391. The normalized spacial score (nSPS) is 19.5. The van der Waals surface area contributed by atoms with Crippen molar-refractivity contribution in [2.75, 3.05) is 24.0 Å². The van der Waals surface area contributed by atoms with Crippen molar-refractivity contribution >= 4 is 23.2 Å². The Balaban J connectivity index is 1.35. The van der Waals surface area contributed by atoms with E-state index in [0.717, 1.165) is 19.3 Å². The lowest BCUT2D eigenvalue weighted by Gasteiger charge is -2.29. The lowest BCUT2D eigenvalue weighted by molar-refractivity contribution is -0.120. The summed E-state index contributed by atoms with van der Waals surface area (Å²) in [5.74, 6) is 0.509. The van der Waals surface area contributed by atoms with Gasteiger partial charge in [-0.3, -0.25) is 9.59 Å². The predicted octanol–water partition coefficient (Wildman–Crippen LogP) is 3.91. The summed E-state index contributed by atoms with van der Waals surface area (Å²) < 4.78 is 24.7. The Morgan fingerprint density at radius 2 is 1.87 bits per heavy atom. The number of hydrogen-bond acceptors (Lipinski definition) is 5. The van der Waals surface area contributed by atoms with Gasteiger partial charge in [0, 0.05) is 17.3 Å². The number of halogens is 1. The first kappa shape index (κ1) is 21.0. The van der Waals surface area contributed by atoms with Crippen molar-refractivity contribution in [3.8, 4) is 11.5 Å². The highest BCUT2D eigenvalue weighted by Crippen LogP contribution is 2.32. The van der Waals surface area contributed by atoms with Gasteiger partial charge >= 0.3 is 0 Å². The molecule has 1 saturated carbocycles. The molecule has 0 spiro atoms. The van der Waals surface area contributed by atoms with E-state index in [1.165, 1.54) is 24.6 Å². The molecule has 4 rings (SSSR count). The van der Waals surface area contributed by atoms with Crippen molar-refractivity contribution in [3.63, 3.8) is 0 Å². The average molecular weight is 427 g/mol. The quantitative estimate of drug-likeness (QED) is 0.651. The predicted molar refractivity (Wildman–Crippen MR) is 115 cm³/mol. The van der Waals surface area contributed by atoms with E-state index < -0.39 is 5.82 Å². The first-order valence-corrected chi connectivity index (χ1v) is 10.5. The van der Waals surface area contributed by atoms with Crippen molar-refractivity contribution in [2.24, 2.45) is 5.92 Å². The topological polar surface area (TPSA) is 88.7 Å². The molecule has 0 radical (unpaired) electrons. The van der Waals surface area contributed by atoms with E-state index in [9.17, 15) is 14.0 Å². The van der Waals surface area contributed by atoms with Gasteiger partial charge in [0.2, 0.25) is 12.7 Å². The van der Waals surface area contributed by atoms with Crippen LogP contribution in [0.1, 0.15) is 43.0 Å². The van der Waals surface area contributed by atoms with E-state index in [4.69, 9.17) is 9.47 Å². The van der Waals surface area contributed by atoms with Gasteiger partial charge in [-0.1, -0.05) is 19.8 Å². The molecule has 0 bridgehead atoms. The van der Waals surface area contributed by atoms with Gasteiger partial charge in [-0.15, -0.1) is 0 Å². The van der Waals surface area contributed by atoms with Crippen LogP contribution < -0.4 is 25.4 Å². The molecule has 2 aliphatic rings. The standard InChI is InChI=1S/C23H26FN3O4/c1-14-4-2-3-5-18(14)27-22(28)12-25-19-11-16(7-8-17(19)24)26-23(29)15-6-9-20-21(10-15)31-13-30-20/h6-11,14,18,25H,2-5,12-13H2,1H3,(H,26,29)(H,27,28). The van der Waals surface area contributed by atoms with Crippen LogP contribution in [0, 0.1) is 11.7 Å². The van der Waals surface area contributed by atoms with E-state index in [1.807, 2.05) is 0 Å². The second kappa shape index (κ2) is 9.24. The summed E-state index contributed by atoms with van der Waals surface area (Å²) in [4.78, 5) is 24.8. The summed E-state index contributed by atoms with van der Waals surface area (Å²) >= 11 is 0. The van der Waals surface area contributed by atoms with Gasteiger partial charge < -0.3 is 25.4 Å². The zero-order chi connectivity index (χ0) is 21.8. The Hall–Kier alpha value is -3.29. The Kier molecular flexibility index (Phi) is 6.25. The van der Waals surface area contributed by atoms with Crippen LogP contribution in [-0.2, 0) is 4.79 Å². The monoisotopic (exact) mass is 427 g/mol. The molecule has 8 heteroatoms. The smallest absolute Gasteiger partial charge is 0.255 e. The van der Waals surface area contributed by atoms with Gasteiger partial charge in [0.1, 0.15) is 5.82 Å². The second-order valence-electron chi connectivity index (χ2n) is 8.01.